The molecule has 2 aromatic carbocycles. The molecule has 3 aromatic rings. The van der Waals surface area contributed by atoms with E-state index >= 15 is 0 Å². The molecule has 2 amide bonds. The van der Waals surface area contributed by atoms with Gasteiger partial charge in [0.1, 0.15) is 11.9 Å². The van der Waals surface area contributed by atoms with Gasteiger partial charge in [0.05, 0.1) is 5.56 Å². The van der Waals surface area contributed by atoms with Gasteiger partial charge in [-0.3, -0.25) is 9.59 Å². The lowest BCUT2D eigenvalue weighted by Gasteiger charge is -2.17. The molecule has 0 bridgehead atoms. The van der Waals surface area contributed by atoms with Gasteiger partial charge >= 0.3 is 0 Å². The Bertz CT molecular complexity index is 1010. The van der Waals surface area contributed by atoms with Crippen molar-refractivity contribution in [1.29, 1.82) is 0 Å². The number of amides is 2. The van der Waals surface area contributed by atoms with Crippen LogP contribution in [0.15, 0.2) is 48.5 Å². The first kappa shape index (κ1) is 17.3. The third-order valence-electron chi connectivity index (χ3n) is 5.01. The topological polar surface area (TPSA) is 65.2 Å². The fraction of sp³-hybridized carbons (Fsp3) is 0.238. The third-order valence-corrected chi connectivity index (χ3v) is 5.01. The number of para-hydroxylation sites is 1. The van der Waals surface area contributed by atoms with Crippen molar-refractivity contribution in [3.8, 4) is 0 Å². The van der Waals surface area contributed by atoms with Crippen LogP contribution in [0.3, 0.4) is 0 Å². The smallest absolute Gasteiger partial charge is 0.254 e. The van der Waals surface area contributed by atoms with E-state index in [-0.39, 0.29) is 17.6 Å². The van der Waals surface area contributed by atoms with Crippen molar-refractivity contribution >= 4 is 22.7 Å². The van der Waals surface area contributed by atoms with Gasteiger partial charge in [0.15, 0.2) is 0 Å². The number of carbonyl (C=O) groups is 2. The molecular weight excluding hydrogens is 345 g/mol. The average molecular weight is 365 g/mol. The van der Waals surface area contributed by atoms with Gasteiger partial charge in [-0.1, -0.05) is 30.3 Å². The number of halogens is 1. The van der Waals surface area contributed by atoms with Crippen LogP contribution in [-0.2, 0) is 11.3 Å². The van der Waals surface area contributed by atoms with Crippen LogP contribution in [0, 0.1) is 12.7 Å². The Morgan fingerprint density at radius 1 is 1.22 bits per heavy atom. The van der Waals surface area contributed by atoms with Gasteiger partial charge in [0, 0.05) is 29.7 Å². The first-order valence-corrected chi connectivity index (χ1v) is 8.94. The largest absolute Gasteiger partial charge is 0.358 e. The molecule has 1 aromatic heterocycles. The third kappa shape index (κ3) is 3.30. The molecule has 27 heavy (non-hydrogen) atoms. The summed E-state index contributed by atoms with van der Waals surface area (Å²) >= 11 is 0. The van der Waals surface area contributed by atoms with E-state index in [1.165, 1.54) is 12.1 Å². The van der Waals surface area contributed by atoms with Crippen molar-refractivity contribution in [2.24, 2.45) is 0 Å². The van der Waals surface area contributed by atoms with E-state index in [4.69, 9.17) is 0 Å². The molecule has 1 atom stereocenters. The number of aromatic nitrogens is 1. The lowest BCUT2D eigenvalue weighted by Crippen LogP contribution is -2.41. The van der Waals surface area contributed by atoms with Crippen molar-refractivity contribution in [2.75, 3.05) is 6.54 Å². The quantitative estimate of drug-likeness (QED) is 0.746. The molecule has 1 saturated heterocycles. The van der Waals surface area contributed by atoms with E-state index in [0.29, 0.717) is 25.1 Å². The molecule has 0 spiro atoms. The molecule has 0 saturated carbocycles. The van der Waals surface area contributed by atoms with Crippen LogP contribution in [0.25, 0.3) is 10.9 Å². The number of likely N-dealkylation sites (tertiary alicyclic amines) is 1. The van der Waals surface area contributed by atoms with Crippen LogP contribution in [0.2, 0.25) is 0 Å². The minimum absolute atomic E-state index is 0.106. The SMILES string of the molecule is Cc1[nH]c2ccccc2c1C(=O)NC1CCN(Cc2ccc(F)cc2)C1=O. The zero-order valence-corrected chi connectivity index (χ0v) is 15.0. The summed E-state index contributed by atoms with van der Waals surface area (Å²) in [5.74, 6) is -0.650. The molecule has 1 unspecified atom stereocenters. The number of rotatable bonds is 4. The predicted octanol–water partition coefficient (Wildman–Crippen LogP) is 3.15. The van der Waals surface area contributed by atoms with Crippen molar-refractivity contribution in [3.05, 3.63) is 71.2 Å². The highest BCUT2D eigenvalue weighted by molar-refractivity contribution is 6.09. The summed E-state index contributed by atoms with van der Waals surface area (Å²) in [5, 5.41) is 3.73. The molecule has 2 N–H and O–H groups in total. The van der Waals surface area contributed by atoms with Gasteiger partial charge in [0.25, 0.3) is 5.91 Å². The molecule has 0 radical (unpaired) electrons. The van der Waals surface area contributed by atoms with Crippen molar-refractivity contribution in [2.45, 2.75) is 25.9 Å². The molecule has 1 aliphatic rings. The van der Waals surface area contributed by atoms with Crippen LogP contribution in [-0.4, -0.2) is 34.3 Å². The van der Waals surface area contributed by atoms with Crippen LogP contribution >= 0.6 is 0 Å². The Morgan fingerprint density at radius 3 is 2.74 bits per heavy atom. The highest BCUT2D eigenvalue weighted by Gasteiger charge is 2.33. The summed E-state index contributed by atoms with van der Waals surface area (Å²) in [6, 6.07) is 13.2. The normalized spacial score (nSPS) is 16.9. The van der Waals surface area contributed by atoms with E-state index in [1.54, 1.807) is 17.0 Å². The Hall–Kier alpha value is -3.15. The predicted molar refractivity (Wildman–Crippen MR) is 101 cm³/mol. The summed E-state index contributed by atoms with van der Waals surface area (Å²) in [4.78, 5) is 30.4. The van der Waals surface area contributed by atoms with Gasteiger partial charge in [-0.25, -0.2) is 4.39 Å². The van der Waals surface area contributed by atoms with E-state index in [2.05, 4.69) is 10.3 Å². The van der Waals surface area contributed by atoms with E-state index < -0.39 is 6.04 Å². The molecule has 6 heteroatoms. The number of aryl methyl sites for hydroxylation is 1. The van der Waals surface area contributed by atoms with Crippen LogP contribution in [0.1, 0.15) is 28.0 Å². The highest BCUT2D eigenvalue weighted by atomic mass is 19.1. The highest BCUT2D eigenvalue weighted by Crippen LogP contribution is 2.23. The van der Waals surface area contributed by atoms with Gasteiger partial charge in [0.2, 0.25) is 5.91 Å². The van der Waals surface area contributed by atoms with Crippen molar-refractivity contribution < 1.29 is 14.0 Å². The van der Waals surface area contributed by atoms with Gasteiger partial charge in [-0.2, -0.15) is 0 Å². The maximum absolute atomic E-state index is 13.0. The van der Waals surface area contributed by atoms with E-state index in [1.807, 2.05) is 31.2 Å². The Morgan fingerprint density at radius 2 is 1.96 bits per heavy atom. The fourth-order valence-corrected chi connectivity index (χ4v) is 3.64. The fourth-order valence-electron chi connectivity index (χ4n) is 3.64. The molecule has 1 aliphatic heterocycles. The molecule has 1 fully saturated rings. The monoisotopic (exact) mass is 365 g/mol. The zero-order chi connectivity index (χ0) is 19.0. The number of benzene rings is 2. The minimum Gasteiger partial charge on any atom is -0.358 e. The average Bonchev–Trinajstić information content (AvgIpc) is 3.17. The molecular formula is C21H20FN3O2. The van der Waals surface area contributed by atoms with Crippen LogP contribution < -0.4 is 5.32 Å². The second kappa shape index (κ2) is 6.87. The van der Waals surface area contributed by atoms with Crippen LogP contribution in [0.4, 0.5) is 4.39 Å². The molecule has 2 heterocycles. The first-order valence-electron chi connectivity index (χ1n) is 8.94. The maximum atomic E-state index is 13.0. The number of aromatic amines is 1. The Labute approximate surface area is 156 Å². The number of carbonyl (C=O) groups excluding carboxylic acids is 2. The molecule has 4 rings (SSSR count). The number of hydrogen-bond acceptors (Lipinski definition) is 2. The zero-order valence-electron chi connectivity index (χ0n) is 15.0. The number of hydrogen-bond donors (Lipinski definition) is 2. The summed E-state index contributed by atoms with van der Waals surface area (Å²) in [5.41, 5.74) is 3.12. The van der Waals surface area contributed by atoms with Crippen molar-refractivity contribution in [1.82, 2.24) is 15.2 Å². The maximum Gasteiger partial charge on any atom is 0.254 e. The Kier molecular flexibility index (Phi) is 4.39. The Balaban J connectivity index is 1.46. The lowest BCUT2D eigenvalue weighted by molar-refractivity contribution is -0.129. The number of nitrogens with zero attached hydrogens (tertiary/aromatic N) is 1. The summed E-state index contributed by atoms with van der Waals surface area (Å²) in [7, 11) is 0. The minimum atomic E-state index is -0.536. The van der Waals surface area contributed by atoms with Gasteiger partial charge < -0.3 is 15.2 Å². The molecule has 138 valence electrons. The number of fused-ring (bicyclic) bond motifs is 1. The number of nitrogens with one attached hydrogen (secondary N) is 2. The van der Waals surface area contributed by atoms with Crippen LogP contribution in [0.5, 0.6) is 0 Å². The molecule has 0 aliphatic carbocycles. The standard InChI is InChI=1S/C21H20FN3O2/c1-13-19(16-4-2-3-5-17(16)23-13)20(26)24-18-10-11-25(21(18)27)12-14-6-8-15(22)9-7-14/h2-9,18,23H,10-12H2,1H3,(H,24,26). The van der Waals surface area contributed by atoms with Gasteiger partial charge in [-0.15, -0.1) is 0 Å². The summed E-state index contributed by atoms with van der Waals surface area (Å²) < 4.78 is 13.0. The summed E-state index contributed by atoms with van der Waals surface area (Å²) in [6.07, 6.45) is 0.563. The number of H-pyrrole nitrogens is 1. The summed E-state index contributed by atoms with van der Waals surface area (Å²) in [6.45, 7) is 2.83. The molecule has 5 nitrogen and oxygen atoms in total. The van der Waals surface area contributed by atoms with E-state index in [9.17, 15) is 14.0 Å². The van der Waals surface area contributed by atoms with Crippen molar-refractivity contribution in [3.63, 3.8) is 0 Å². The lowest BCUT2D eigenvalue weighted by atomic mass is 10.1. The van der Waals surface area contributed by atoms with E-state index in [0.717, 1.165) is 22.2 Å². The van der Waals surface area contributed by atoms with Gasteiger partial charge in [-0.05, 0) is 37.1 Å². The second-order valence-corrected chi connectivity index (χ2v) is 6.87. The second-order valence-electron chi connectivity index (χ2n) is 6.87. The first-order chi connectivity index (χ1) is 13.0.